The van der Waals surface area contributed by atoms with E-state index in [-0.39, 0.29) is 5.91 Å². The van der Waals surface area contributed by atoms with E-state index in [1.54, 1.807) is 18.3 Å². The molecule has 5 heteroatoms. The second kappa shape index (κ2) is 8.62. The highest BCUT2D eigenvalue weighted by Gasteiger charge is 2.22. The summed E-state index contributed by atoms with van der Waals surface area (Å²) in [6, 6.07) is 13.5. The fourth-order valence-electron chi connectivity index (χ4n) is 2.90. The van der Waals surface area contributed by atoms with Crippen molar-refractivity contribution >= 4 is 5.91 Å². The Bertz CT molecular complexity index is 667. The van der Waals surface area contributed by atoms with E-state index in [1.165, 1.54) is 0 Å². The highest BCUT2D eigenvalue weighted by Crippen LogP contribution is 2.17. The van der Waals surface area contributed by atoms with Crippen LogP contribution in [0.4, 0.5) is 0 Å². The lowest BCUT2D eigenvalue weighted by Gasteiger charge is -2.23. The van der Waals surface area contributed by atoms with E-state index >= 15 is 0 Å². The number of ether oxygens (including phenoxy) is 2. The molecule has 1 aromatic carbocycles. The summed E-state index contributed by atoms with van der Waals surface area (Å²) in [5.41, 5.74) is 1.67. The van der Waals surface area contributed by atoms with Crippen LogP contribution in [0.1, 0.15) is 29.3 Å². The van der Waals surface area contributed by atoms with Crippen LogP contribution in [0, 0.1) is 5.92 Å². The van der Waals surface area contributed by atoms with E-state index in [1.807, 2.05) is 42.2 Å². The summed E-state index contributed by atoms with van der Waals surface area (Å²) in [5.74, 6) is 0.967. The van der Waals surface area contributed by atoms with Gasteiger partial charge >= 0.3 is 0 Å². The van der Waals surface area contributed by atoms with Crippen molar-refractivity contribution in [2.45, 2.75) is 20.0 Å². The molecule has 25 heavy (non-hydrogen) atoms. The first-order valence-corrected chi connectivity index (χ1v) is 8.76. The highest BCUT2D eigenvalue weighted by molar-refractivity contribution is 5.94. The van der Waals surface area contributed by atoms with Crippen LogP contribution in [-0.4, -0.2) is 42.1 Å². The number of hydrogen-bond donors (Lipinski definition) is 0. The van der Waals surface area contributed by atoms with Crippen molar-refractivity contribution in [2.24, 2.45) is 5.92 Å². The molecule has 1 aliphatic rings. The van der Waals surface area contributed by atoms with Gasteiger partial charge in [-0.2, -0.15) is 0 Å². The smallest absolute Gasteiger partial charge is 0.255 e. The minimum Gasteiger partial charge on any atom is -0.473 e. The maximum Gasteiger partial charge on any atom is 0.255 e. The molecule has 1 aromatic heterocycles. The molecule has 1 saturated heterocycles. The molecule has 1 fully saturated rings. The van der Waals surface area contributed by atoms with Gasteiger partial charge in [0, 0.05) is 37.9 Å². The summed E-state index contributed by atoms with van der Waals surface area (Å²) in [7, 11) is 0. The quantitative estimate of drug-likeness (QED) is 0.777. The standard InChI is InChI=1S/C20H24N2O3/c1-2-22(13-17-10-11-24-14-17)20(23)18-8-9-19(21-12-18)25-15-16-6-4-3-5-7-16/h3-9,12,17H,2,10-11,13-15H2,1H3/t17-/m1/s1. The van der Waals surface area contributed by atoms with E-state index in [2.05, 4.69) is 4.98 Å². The van der Waals surface area contributed by atoms with E-state index in [0.717, 1.165) is 31.7 Å². The Morgan fingerprint density at radius 3 is 2.76 bits per heavy atom. The van der Waals surface area contributed by atoms with Gasteiger partial charge in [-0.1, -0.05) is 30.3 Å². The fourth-order valence-corrected chi connectivity index (χ4v) is 2.90. The predicted octanol–water partition coefficient (Wildman–Crippen LogP) is 3.16. The van der Waals surface area contributed by atoms with E-state index in [9.17, 15) is 4.79 Å². The number of benzene rings is 1. The molecule has 0 spiro atoms. The summed E-state index contributed by atoms with van der Waals surface area (Å²) < 4.78 is 11.1. The fraction of sp³-hybridized carbons (Fsp3) is 0.400. The van der Waals surface area contributed by atoms with Crippen LogP contribution in [0.15, 0.2) is 48.7 Å². The van der Waals surface area contributed by atoms with Gasteiger partial charge in [-0.15, -0.1) is 0 Å². The largest absolute Gasteiger partial charge is 0.473 e. The monoisotopic (exact) mass is 340 g/mol. The molecule has 1 aliphatic heterocycles. The van der Waals surface area contributed by atoms with E-state index in [0.29, 0.717) is 30.5 Å². The zero-order valence-corrected chi connectivity index (χ0v) is 14.6. The van der Waals surface area contributed by atoms with Gasteiger partial charge in [-0.05, 0) is 25.0 Å². The van der Waals surface area contributed by atoms with E-state index in [4.69, 9.17) is 9.47 Å². The van der Waals surface area contributed by atoms with Gasteiger partial charge < -0.3 is 14.4 Å². The van der Waals surface area contributed by atoms with Gasteiger partial charge in [0.05, 0.1) is 12.2 Å². The van der Waals surface area contributed by atoms with Crippen molar-refractivity contribution in [3.8, 4) is 5.88 Å². The van der Waals surface area contributed by atoms with Crippen LogP contribution >= 0.6 is 0 Å². The number of carbonyl (C=O) groups is 1. The summed E-state index contributed by atoms with van der Waals surface area (Å²) in [6.45, 7) is 5.42. The van der Waals surface area contributed by atoms with Crippen LogP contribution in [0.2, 0.25) is 0 Å². The Hall–Kier alpha value is -2.40. The van der Waals surface area contributed by atoms with Gasteiger partial charge in [-0.25, -0.2) is 4.98 Å². The molecule has 3 rings (SSSR count). The minimum atomic E-state index is 0.0107. The lowest BCUT2D eigenvalue weighted by Crippen LogP contribution is -2.35. The Morgan fingerprint density at radius 2 is 2.12 bits per heavy atom. The average Bonchev–Trinajstić information content (AvgIpc) is 3.18. The average molecular weight is 340 g/mol. The number of pyridine rings is 1. The number of nitrogens with zero attached hydrogens (tertiary/aromatic N) is 2. The lowest BCUT2D eigenvalue weighted by atomic mass is 10.1. The normalized spacial score (nSPS) is 16.6. The third-order valence-electron chi connectivity index (χ3n) is 4.38. The zero-order chi connectivity index (χ0) is 17.5. The van der Waals surface area contributed by atoms with Gasteiger partial charge in [0.2, 0.25) is 5.88 Å². The molecule has 1 atom stereocenters. The molecule has 0 N–H and O–H groups in total. The molecule has 0 bridgehead atoms. The van der Waals surface area contributed by atoms with Crippen molar-refractivity contribution in [2.75, 3.05) is 26.3 Å². The molecule has 0 radical (unpaired) electrons. The van der Waals surface area contributed by atoms with Crippen LogP contribution in [-0.2, 0) is 11.3 Å². The van der Waals surface area contributed by atoms with E-state index < -0.39 is 0 Å². The van der Waals surface area contributed by atoms with Crippen LogP contribution in [0.25, 0.3) is 0 Å². The van der Waals surface area contributed by atoms with Crippen LogP contribution < -0.4 is 4.74 Å². The number of carbonyl (C=O) groups excluding carboxylic acids is 1. The summed E-state index contributed by atoms with van der Waals surface area (Å²) >= 11 is 0. The van der Waals surface area contributed by atoms with Crippen LogP contribution in [0.5, 0.6) is 5.88 Å². The second-order valence-corrected chi connectivity index (χ2v) is 6.23. The summed E-state index contributed by atoms with van der Waals surface area (Å²) in [5, 5.41) is 0. The maximum absolute atomic E-state index is 12.7. The number of amides is 1. The first kappa shape index (κ1) is 17.4. The molecule has 5 nitrogen and oxygen atoms in total. The SMILES string of the molecule is CCN(C[C@H]1CCOC1)C(=O)c1ccc(OCc2ccccc2)nc1. The molecule has 2 aromatic rings. The number of rotatable bonds is 7. The molecule has 1 amide bonds. The number of hydrogen-bond acceptors (Lipinski definition) is 4. The molecule has 132 valence electrons. The highest BCUT2D eigenvalue weighted by atomic mass is 16.5. The molecule has 0 aliphatic carbocycles. The maximum atomic E-state index is 12.7. The molecular weight excluding hydrogens is 316 g/mol. The molecular formula is C20H24N2O3. The Labute approximate surface area is 148 Å². The van der Waals surface area contributed by atoms with Crippen molar-refractivity contribution < 1.29 is 14.3 Å². The number of aromatic nitrogens is 1. The topological polar surface area (TPSA) is 51.7 Å². The van der Waals surface area contributed by atoms with Crippen molar-refractivity contribution in [3.05, 3.63) is 59.8 Å². The summed E-state index contributed by atoms with van der Waals surface area (Å²) in [4.78, 5) is 18.8. The van der Waals surface area contributed by atoms with Crippen molar-refractivity contribution in [1.82, 2.24) is 9.88 Å². The third-order valence-corrected chi connectivity index (χ3v) is 4.38. The second-order valence-electron chi connectivity index (χ2n) is 6.23. The van der Waals surface area contributed by atoms with Gasteiger partial charge in [0.15, 0.2) is 0 Å². The Morgan fingerprint density at radius 1 is 1.28 bits per heavy atom. The first-order valence-electron chi connectivity index (χ1n) is 8.76. The van der Waals surface area contributed by atoms with Crippen LogP contribution in [0.3, 0.4) is 0 Å². The molecule has 0 saturated carbocycles. The first-order chi connectivity index (χ1) is 12.3. The van der Waals surface area contributed by atoms with Crippen molar-refractivity contribution in [1.29, 1.82) is 0 Å². The summed E-state index contributed by atoms with van der Waals surface area (Å²) in [6.07, 6.45) is 2.62. The predicted molar refractivity (Wildman–Crippen MR) is 95.5 cm³/mol. The zero-order valence-electron chi connectivity index (χ0n) is 14.6. The lowest BCUT2D eigenvalue weighted by molar-refractivity contribution is 0.0730. The molecule has 0 unspecified atom stereocenters. The van der Waals surface area contributed by atoms with Crippen molar-refractivity contribution in [3.63, 3.8) is 0 Å². The Kier molecular flexibility index (Phi) is 6.01. The minimum absolute atomic E-state index is 0.0107. The Balaban J connectivity index is 1.57. The molecule has 2 heterocycles. The van der Waals surface area contributed by atoms with Gasteiger partial charge in [0.25, 0.3) is 5.91 Å². The van der Waals surface area contributed by atoms with Gasteiger partial charge in [-0.3, -0.25) is 4.79 Å². The van der Waals surface area contributed by atoms with Gasteiger partial charge in [0.1, 0.15) is 6.61 Å². The third kappa shape index (κ3) is 4.79.